The van der Waals surface area contributed by atoms with Crippen LogP contribution in [0.2, 0.25) is 0 Å². The topological polar surface area (TPSA) is 40.1 Å². The van der Waals surface area contributed by atoms with Crippen LogP contribution in [0, 0.1) is 0 Å². The first-order valence-corrected chi connectivity index (χ1v) is 4.32. The molecule has 1 aromatic rings. The van der Waals surface area contributed by atoms with E-state index in [1.807, 2.05) is 0 Å². The van der Waals surface area contributed by atoms with Crippen molar-refractivity contribution < 1.29 is 9.90 Å². The molecule has 4 heteroatoms. The largest absolute Gasteiger partial charge is 0.540 e. The Morgan fingerprint density at radius 2 is 2.44 bits per heavy atom. The number of carboxylic acids is 1. The van der Waals surface area contributed by atoms with Gasteiger partial charge in [0.05, 0.1) is 0 Å². The fourth-order valence-corrected chi connectivity index (χ4v) is 1.73. The number of halogens is 1. The van der Waals surface area contributed by atoms with Crippen LogP contribution in [0.5, 0.6) is 0 Å². The highest BCUT2D eigenvalue weighted by Gasteiger charge is 2.10. The zero-order valence-electron chi connectivity index (χ0n) is 4.33. The van der Waals surface area contributed by atoms with Crippen LogP contribution < -0.4 is 5.11 Å². The van der Waals surface area contributed by atoms with E-state index >= 15 is 0 Å². The van der Waals surface area contributed by atoms with E-state index in [2.05, 4.69) is 0 Å². The van der Waals surface area contributed by atoms with Crippen molar-refractivity contribution in [2.45, 2.75) is 0 Å². The summed E-state index contributed by atoms with van der Waals surface area (Å²) < 4.78 is 0. The molecule has 0 N–H and O–H groups in total. The maximum Gasteiger partial charge on any atom is 0.216 e. The van der Waals surface area contributed by atoms with Crippen LogP contribution in [-0.4, -0.2) is 5.97 Å². The molecule has 1 rings (SSSR count). The quantitative estimate of drug-likeness (QED) is 0.574. The Hall–Kier alpha value is -0.540. The van der Waals surface area contributed by atoms with Gasteiger partial charge in [0.25, 0.3) is 0 Å². The average Bonchev–Trinajstić information content (AvgIpc) is 2.13. The van der Waals surface area contributed by atoms with Crippen LogP contribution in [-0.2, 0) is 0 Å². The second-order valence-corrected chi connectivity index (χ2v) is 3.71. The summed E-state index contributed by atoms with van der Waals surface area (Å²) in [7, 11) is 4.78. The SMILES string of the molecule is O=C([O-])c1ccc[s+]1Cl. The van der Waals surface area contributed by atoms with Gasteiger partial charge in [-0.25, -0.2) is 0 Å². The Balaban J connectivity index is 3.08. The summed E-state index contributed by atoms with van der Waals surface area (Å²) in [6, 6.07) is 3.06. The molecular formula is C5H3ClO2S. The Labute approximate surface area is 59.2 Å². The van der Waals surface area contributed by atoms with Crippen molar-refractivity contribution in [3.05, 3.63) is 22.4 Å². The maximum atomic E-state index is 10.1. The lowest BCUT2D eigenvalue weighted by molar-refractivity contribution is -0.254. The summed E-state index contributed by atoms with van der Waals surface area (Å²) in [5, 5.41) is 11.7. The molecule has 9 heavy (non-hydrogen) atoms. The van der Waals surface area contributed by atoms with Gasteiger partial charge in [-0.15, -0.1) is 0 Å². The molecular weight excluding hydrogens is 160 g/mol. The minimum absolute atomic E-state index is 0.164. The van der Waals surface area contributed by atoms with E-state index in [4.69, 9.17) is 10.7 Å². The minimum Gasteiger partial charge on any atom is -0.540 e. The van der Waals surface area contributed by atoms with E-state index < -0.39 is 15.7 Å². The van der Waals surface area contributed by atoms with Gasteiger partial charge in [-0.1, -0.05) is 0 Å². The predicted molar refractivity (Wildman–Crippen MR) is 34.5 cm³/mol. The molecule has 0 saturated heterocycles. The van der Waals surface area contributed by atoms with Crippen LogP contribution in [0.4, 0.5) is 0 Å². The van der Waals surface area contributed by atoms with Gasteiger partial charge >= 0.3 is 0 Å². The summed E-state index contributed by atoms with van der Waals surface area (Å²) >= 11 is 0. The summed E-state index contributed by atoms with van der Waals surface area (Å²) in [4.78, 5) is 10.3. The van der Waals surface area contributed by atoms with Crippen LogP contribution in [0.25, 0.3) is 0 Å². The van der Waals surface area contributed by atoms with Gasteiger partial charge in [0.15, 0.2) is 5.38 Å². The van der Waals surface area contributed by atoms with Crippen molar-refractivity contribution >= 4 is 26.3 Å². The lowest BCUT2D eigenvalue weighted by Crippen LogP contribution is -2.20. The van der Waals surface area contributed by atoms with E-state index in [1.165, 1.54) is 6.07 Å². The number of hydrogen-bond acceptors (Lipinski definition) is 2. The number of carbonyl (C=O) groups is 1. The van der Waals surface area contributed by atoms with Gasteiger partial charge in [-0.3, -0.25) is 0 Å². The number of hydrogen-bond donors (Lipinski definition) is 0. The molecule has 1 unspecified atom stereocenters. The molecule has 48 valence electrons. The lowest BCUT2D eigenvalue weighted by Gasteiger charge is -1.87. The molecule has 0 amide bonds. The van der Waals surface area contributed by atoms with Crippen LogP contribution in [0.3, 0.4) is 0 Å². The molecule has 0 radical (unpaired) electrons. The average molecular weight is 163 g/mol. The molecule has 1 heterocycles. The van der Waals surface area contributed by atoms with Crippen molar-refractivity contribution in [2.24, 2.45) is 0 Å². The van der Waals surface area contributed by atoms with E-state index in [9.17, 15) is 9.90 Å². The summed E-state index contributed by atoms with van der Waals surface area (Å²) in [6.45, 7) is 0. The Morgan fingerprint density at radius 1 is 1.78 bits per heavy atom. The van der Waals surface area contributed by atoms with Crippen molar-refractivity contribution in [3.63, 3.8) is 0 Å². The predicted octanol–water partition coefficient (Wildman–Crippen LogP) is 0.801. The van der Waals surface area contributed by atoms with Crippen molar-refractivity contribution in [3.8, 4) is 0 Å². The zero-order valence-corrected chi connectivity index (χ0v) is 5.91. The highest BCUT2D eigenvalue weighted by molar-refractivity contribution is 7.61. The molecule has 0 saturated carbocycles. The van der Waals surface area contributed by atoms with Crippen LogP contribution >= 0.6 is 20.4 Å². The molecule has 0 bridgehead atoms. The molecule has 0 aliphatic rings. The third-order valence-corrected chi connectivity index (χ3v) is 2.78. The van der Waals surface area contributed by atoms with Crippen molar-refractivity contribution in [2.75, 3.05) is 0 Å². The normalized spacial score (nSPS) is 11.4. The van der Waals surface area contributed by atoms with Gasteiger partial charge in [0.2, 0.25) is 15.6 Å². The third-order valence-electron chi connectivity index (χ3n) is 0.857. The van der Waals surface area contributed by atoms with E-state index in [-0.39, 0.29) is 4.88 Å². The van der Waals surface area contributed by atoms with Gasteiger partial charge in [0.1, 0.15) is 15.7 Å². The number of rotatable bonds is 1. The summed E-state index contributed by atoms with van der Waals surface area (Å²) in [5.74, 6) is -1.18. The molecule has 0 aliphatic heterocycles. The molecule has 1 aromatic heterocycles. The summed E-state index contributed by atoms with van der Waals surface area (Å²) in [5.41, 5.74) is 0. The number of carbonyl (C=O) groups excluding carboxylic acids is 1. The standard InChI is InChI=1S/C5H3ClO2S/c6-9-3-1-2-4(9)5(7)8/h1-3H. The monoisotopic (exact) mass is 162 g/mol. The van der Waals surface area contributed by atoms with Gasteiger partial charge in [0, 0.05) is 6.07 Å². The maximum absolute atomic E-state index is 10.1. The second-order valence-electron chi connectivity index (χ2n) is 1.43. The highest BCUT2D eigenvalue weighted by Crippen LogP contribution is 2.27. The van der Waals surface area contributed by atoms with Gasteiger partial charge < -0.3 is 9.90 Å². The van der Waals surface area contributed by atoms with Crippen LogP contribution in [0.15, 0.2) is 17.5 Å². The van der Waals surface area contributed by atoms with E-state index in [0.717, 1.165) is 0 Å². The molecule has 2 nitrogen and oxygen atoms in total. The highest BCUT2D eigenvalue weighted by atomic mass is 35.7. The van der Waals surface area contributed by atoms with Gasteiger partial charge in [-0.05, 0) is 6.07 Å². The third kappa shape index (κ3) is 1.23. The Bertz CT molecular complexity index is 231. The fourth-order valence-electron chi connectivity index (χ4n) is 0.482. The molecule has 1 atom stereocenters. The molecule has 0 spiro atoms. The molecule has 0 fully saturated rings. The summed E-state index contributed by atoms with van der Waals surface area (Å²) in [6.07, 6.45) is 0. The molecule has 0 aromatic carbocycles. The number of carboxylic acid groups (broad SMARTS) is 1. The fraction of sp³-hybridized carbons (Fsp3) is 0. The number of thiophene rings is 1. The lowest BCUT2D eigenvalue weighted by atomic mass is 10.5. The zero-order chi connectivity index (χ0) is 6.85. The van der Waals surface area contributed by atoms with E-state index in [1.54, 1.807) is 11.4 Å². The van der Waals surface area contributed by atoms with E-state index in [0.29, 0.717) is 0 Å². The van der Waals surface area contributed by atoms with Crippen molar-refractivity contribution in [1.82, 2.24) is 0 Å². The van der Waals surface area contributed by atoms with Crippen molar-refractivity contribution in [1.29, 1.82) is 0 Å². The minimum atomic E-state index is -1.18. The van der Waals surface area contributed by atoms with Crippen LogP contribution in [0.1, 0.15) is 9.67 Å². The Morgan fingerprint density at radius 3 is 2.67 bits per heavy atom. The van der Waals surface area contributed by atoms with Gasteiger partial charge in [-0.2, -0.15) is 0 Å². The Kier molecular flexibility index (Phi) is 1.73. The first-order chi connectivity index (χ1) is 4.22. The molecule has 0 aliphatic carbocycles. The number of aromatic carboxylic acids is 1. The first kappa shape index (κ1) is 6.58. The first-order valence-electron chi connectivity index (χ1n) is 2.21. The second kappa shape index (κ2) is 2.37. The smallest absolute Gasteiger partial charge is 0.216 e.